The molecular formula is C14H14ClFO2. The number of furan rings is 1. The van der Waals surface area contributed by atoms with Crippen LogP contribution in [0.4, 0.5) is 4.39 Å². The van der Waals surface area contributed by atoms with Crippen molar-refractivity contribution in [3.05, 3.63) is 53.2 Å². The van der Waals surface area contributed by atoms with Gasteiger partial charge in [-0.3, -0.25) is 0 Å². The maximum absolute atomic E-state index is 13.9. The highest BCUT2D eigenvalue weighted by Crippen LogP contribution is 2.33. The molecule has 0 fully saturated rings. The number of hydrogen-bond donors (Lipinski definition) is 0. The fourth-order valence-corrected chi connectivity index (χ4v) is 2.01. The van der Waals surface area contributed by atoms with E-state index in [0.29, 0.717) is 17.1 Å². The second-order valence-corrected chi connectivity index (χ2v) is 4.34. The van der Waals surface area contributed by atoms with Crippen molar-refractivity contribution in [1.29, 1.82) is 0 Å². The van der Waals surface area contributed by atoms with Gasteiger partial charge in [0.2, 0.25) is 0 Å². The smallest absolute Gasteiger partial charge is 0.132 e. The number of ether oxygens (including phenoxy) is 1. The first kappa shape index (κ1) is 13.0. The van der Waals surface area contributed by atoms with Gasteiger partial charge in [-0.2, -0.15) is 0 Å². The third kappa shape index (κ3) is 2.51. The summed E-state index contributed by atoms with van der Waals surface area (Å²) in [6, 6.07) is 8.23. The summed E-state index contributed by atoms with van der Waals surface area (Å²) in [7, 11) is 1.49. The van der Waals surface area contributed by atoms with E-state index in [0.717, 1.165) is 12.2 Å². The summed E-state index contributed by atoms with van der Waals surface area (Å²) in [6.07, 6.45) is 0.786. The molecule has 4 heteroatoms. The van der Waals surface area contributed by atoms with Gasteiger partial charge in [0.05, 0.1) is 7.11 Å². The van der Waals surface area contributed by atoms with Gasteiger partial charge < -0.3 is 9.15 Å². The van der Waals surface area contributed by atoms with Crippen LogP contribution in [0.3, 0.4) is 0 Å². The normalized spacial score (nSPS) is 12.4. The minimum atomic E-state index is -0.629. The van der Waals surface area contributed by atoms with Crippen LogP contribution in [0.15, 0.2) is 34.7 Å². The van der Waals surface area contributed by atoms with Gasteiger partial charge in [0.15, 0.2) is 0 Å². The fourth-order valence-electron chi connectivity index (χ4n) is 1.71. The second-order valence-electron chi connectivity index (χ2n) is 3.91. The Morgan fingerprint density at radius 1 is 1.33 bits per heavy atom. The molecule has 1 heterocycles. The molecule has 0 aliphatic carbocycles. The zero-order valence-electron chi connectivity index (χ0n) is 10.2. The average Bonchev–Trinajstić information content (AvgIpc) is 2.86. The van der Waals surface area contributed by atoms with E-state index in [-0.39, 0.29) is 0 Å². The van der Waals surface area contributed by atoms with E-state index in [4.69, 9.17) is 20.8 Å². The predicted octanol–water partition coefficient (Wildman–Crippen LogP) is 4.32. The third-order valence-electron chi connectivity index (χ3n) is 2.76. The Balaban J connectivity index is 2.30. The highest BCUT2D eigenvalue weighted by atomic mass is 35.5. The topological polar surface area (TPSA) is 22.4 Å². The monoisotopic (exact) mass is 268 g/mol. The van der Waals surface area contributed by atoms with Crippen molar-refractivity contribution >= 4 is 11.6 Å². The third-order valence-corrected chi connectivity index (χ3v) is 3.21. The number of rotatable bonds is 4. The van der Waals surface area contributed by atoms with Gasteiger partial charge in [-0.1, -0.05) is 13.0 Å². The van der Waals surface area contributed by atoms with Gasteiger partial charge in [-0.05, 0) is 18.2 Å². The predicted molar refractivity (Wildman–Crippen MR) is 68.7 cm³/mol. The Morgan fingerprint density at radius 2 is 2.11 bits per heavy atom. The van der Waals surface area contributed by atoms with E-state index < -0.39 is 11.2 Å². The molecule has 2 aromatic rings. The lowest BCUT2D eigenvalue weighted by molar-refractivity contribution is 0.410. The van der Waals surface area contributed by atoms with Crippen LogP contribution in [-0.2, 0) is 6.42 Å². The van der Waals surface area contributed by atoms with Crippen molar-refractivity contribution in [1.82, 2.24) is 0 Å². The number of hydrogen-bond acceptors (Lipinski definition) is 2. The van der Waals surface area contributed by atoms with E-state index in [1.165, 1.54) is 13.2 Å². The van der Waals surface area contributed by atoms with Crippen molar-refractivity contribution in [2.75, 3.05) is 7.11 Å². The number of alkyl halides is 1. The van der Waals surface area contributed by atoms with Gasteiger partial charge >= 0.3 is 0 Å². The molecule has 0 bridgehead atoms. The molecule has 1 atom stereocenters. The minimum absolute atomic E-state index is 0.384. The largest absolute Gasteiger partial charge is 0.497 e. The summed E-state index contributed by atoms with van der Waals surface area (Å²) in [5.74, 6) is 1.46. The molecule has 0 N–H and O–H groups in total. The molecular weight excluding hydrogens is 255 g/mol. The van der Waals surface area contributed by atoms with Gasteiger partial charge in [0.1, 0.15) is 28.5 Å². The Morgan fingerprint density at radius 3 is 2.67 bits per heavy atom. The number of benzene rings is 1. The van der Waals surface area contributed by atoms with E-state index >= 15 is 0 Å². The van der Waals surface area contributed by atoms with E-state index in [1.807, 2.05) is 13.0 Å². The molecule has 96 valence electrons. The van der Waals surface area contributed by atoms with Gasteiger partial charge in [-0.15, -0.1) is 11.6 Å². The van der Waals surface area contributed by atoms with Crippen molar-refractivity contribution in [2.45, 2.75) is 18.7 Å². The summed E-state index contributed by atoms with van der Waals surface area (Å²) < 4.78 is 24.3. The summed E-state index contributed by atoms with van der Waals surface area (Å²) in [6.45, 7) is 1.99. The zero-order valence-corrected chi connectivity index (χ0v) is 11.0. The zero-order chi connectivity index (χ0) is 13.1. The molecule has 1 aromatic carbocycles. The van der Waals surface area contributed by atoms with Crippen LogP contribution in [0.1, 0.15) is 29.4 Å². The van der Waals surface area contributed by atoms with Gasteiger partial charge in [-0.25, -0.2) is 4.39 Å². The fraction of sp³-hybridized carbons (Fsp3) is 0.286. The number of methoxy groups -OCH3 is 1. The highest BCUT2D eigenvalue weighted by molar-refractivity contribution is 6.22. The summed E-state index contributed by atoms with van der Waals surface area (Å²) in [4.78, 5) is 0. The quantitative estimate of drug-likeness (QED) is 0.771. The Bertz CT molecular complexity index is 536. The van der Waals surface area contributed by atoms with Crippen LogP contribution in [0, 0.1) is 5.82 Å². The Kier molecular flexibility index (Phi) is 3.92. The average molecular weight is 269 g/mol. The van der Waals surface area contributed by atoms with Crippen molar-refractivity contribution in [3.63, 3.8) is 0 Å². The maximum atomic E-state index is 13.9. The minimum Gasteiger partial charge on any atom is -0.497 e. The van der Waals surface area contributed by atoms with Crippen LogP contribution < -0.4 is 4.74 Å². The van der Waals surface area contributed by atoms with E-state index in [2.05, 4.69) is 0 Å². The van der Waals surface area contributed by atoms with Crippen LogP contribution in [0.25, 0.3) is 0 Å². The molecule has 0 spiro atoms. The summed E-state index contributed by atoms with van der Waals surface area (Å²) in [5.41, 5.74) is 0.384. The molecule has 0 amide bonds. The van der Waals surface area contributed by atoms with Gasteiger partial charge in [0.25, 0.3) is 0 Å². The van der Waals surface area contributed by atoms with E-state index in [9.17, 15) is 4.39 Å². The molecule has 0 saturated carbocycles. The lowest BCUT2D eigenvalue weighted by Crippen LogP contribution is -1.96. The second kappa shape index (κ2) is 5.44. The lowest BCUT2D eigenvalue weighted by Gasteiger charge is -2.09. The molecule has 2 nitrogen and oxygen atoms in total. The lowest BCUT2D eigenvalue weighted by atomic mass is 10.1. The van der Waals surface area contributed by atoms with Crippen LogP contribution in [-0.4, -0.2) is 7.11 Å². The molecule has 0 radical (unpaired) electrons. The molecule has 1 aromatic heterocycles. The van der Waals surface area contributed by atoms with Crippen LogP contribution >= 0.6 is 11.6 Å². The molecule has 0 saturated heterocycles. The molecule has 0 aliphatic rings. The SMILES string of the molecule is CCc1ccc(C(Cl)c2ccc(OC)cc2F)o1. The number of halogens is 2. The van der Waals surface area contributed by atoms with E-state index in [1.54, 1.807) is 18.2 Å². The molecule has 1 unspecified atom stereocenters. The highest BCUT2D eigenvalue weighted by Gasteiger charge is 2.19. The first-order valence-corrected chi connectivity index (χ1v) is 6.15. The van der Waals surface area contributed by atoms with Crippen molar-refractivity contribution < 1.29 is 13.5 Å². The summed E-state index contributed by atoms with van der Waals surface area (Å²) >= 11 is 6.23. The molecule has 0 aliphatic heterocycles. The molecule has 18 heavy (non-hydrogen) atoms. The standard InChI is InChI=1S/C14H14ClFO2/c1-3-9-5-7-13(18-9)14(15)11-6-4-10(17-2)8-12(11)16/h4-8,14H,3H2,1-2H3. The van der Waals surface area contributed by atoms with Crippen molar-refractivity contribution in [2.24, 2.45) is 0 Å². The Labute approximate surface area is 110 Å². The number of aryl methyl sites for hydroxylation is 1. The summed E-state index contributed by atoms with van der Waals surface area (Å²) in [5, 5.41) is -0.629. The first-order chi connectivity index (χ1) is 8.65. The molecule has 2 rings (SSSR count). The van der Waals surface area contributed by atoms with Crippen molar-refractivity contribution in [3.8, 4) is 5.75 Å². The Hall–Kier alpha value is -1.48. The van der Waals surface area contributed by atoms with Crippen LogP contribution in [0.5, 0.6) is 5.75 Å². The first-order valence-electron chi connectivity index (χ1n) is 5.71. The van der Waals surface area contributed by atoms with Crippen LogP contribution in [0.2, 0.25) is 0 Å². The maximum Gasteiger partial charge on any atom is 0.132 e. The van der Waals surface area contributed by atoms with Gasteiger partial charge in [0, 0.05) is 18.1 Å².